The van der Waals surface area contributed by atoms with Crippen LogP contribution in [0.15, 0.2) is 51.8 Å². The highest BCUT2D eigenvalue weighted by molar-refractivity contribution is 7.99. The number of rotatable bonds is 8. The number of nitrogens with zero attached hydrogens (tertiary/aromatic N) is 4. The highest BCUT2D eigenvalue weighted by atomic mass is 32.2. The van der Waals surface area contributed by atoms with E-state index in [-0.39, 0.29) is 16.6 Å². The van der Waals surface area contributed by atoms with Gasteiger partial charge in [-0.1, -0.05) is 23.9 Å². The largest absolute Gasteiger partial charge is 0.325 e. The summed E-state index contributed by atoms with van der Waals surface area (Å²) in [6, 6.07) is 10.1. The first-order valence-corrected chi connectivity index (χ1v) is 12.1. The predicted octanol–water partition coefficient (Wildman–Crippen LogP) is 3.01. The van der Waals surface area contributed by atoms with Crippen LogP contribution in [0.5, 0.6) is 0 Å². The van der Waals surface area contributed by atoms with Crippen LogP contribution >= 0.6 is 23.1 Å². The molecule has 8 nitrogen and oxygen atoms in total. The van der Waals surface area contributed by atoms with E-state index in [4.69, 9.17) is 0 Å². The van der Waals surface area contributed by atoms with Gasteiger partial charge < -0.3 is 9.88 Å². The Kier molecular flexibility index (Phi) is 6.73. The highest BCUT2D eigenvalue weighted by Gasteiger charge is 2.18. The minimum Gasteiger partial charge on any atom is -0.325 e. The van der Waals surface area contributed by atoms with Crippen LogP contribution in [0.25, 0.3) is 10.7 Å². The lowest BCUT2D eigenvalue weighted by Crippen LogP contribution is -2.22. The van der Waals surface area contributed by atoms with Crippen LogP contribution in [0.2, 0.25) is 0 Å². The van der Waals surface area contributed by atoms with Gasteiger partial charge in [0.15, 0.2) is 11.0 Å². The van der Waals surface area contributed by atoms with Gasteiger partial charge in [-0.05, 0) is 36.6 Å². The number of sulfonamides is 1. The van der Waals surface area contributed by atoms with Crippen molar-refractivity contribution in [3.63, 3.8) is 0 Å². The van der Waals surface area contributed by atoms with E-state index in [2.05, 4.69) is 15.5 Å². The van der Waals surface area contributed by atoms with Gasteiger partial charge in [-0.25, -0.2) is 12.7 Å². The Balaban J connectivity index is 1.67. The fraction of sp³-hybridized carbons (Fsp3) is 0.278. The molecule has 0 aliphatic heterocycles. The zero-order valence-electron chi connectivity index (χ0n) is 16.2. The van der Waals surface area contributed by atoms with Crippen LogP contribution in [0.3, 0.4) is 0 Å². The van der Waals surface area contributed by atoms with Crippen molar-refractivity contribution in [2.45, 2.75) is 23.5 Å². The number of thioether (sulfide) groups is 1. The third-order valence-electron chi connectivity index (χ3n) is 4.00. The Morgan fingerprint density at radius 2 is 2.03 bits per heavy atom. The summed E-state index contributed by atoms with van der Waals surface area (Å²) in [4.78, 5) is 13.5. The van der Waals surface area contributed by atoms with Crippen LogP contribution in [0.4, 0.5) is 5.69 Å². The van der Waals surface area contributed by atoms with E-state index in [1.165, 1.54) is 38.0 Å². The molecule has 154 valence electrons. The second-order valence-electron chi connectivity index (χ2n) is 6.18. The van der Waals surface area contributed by atoms with Crippen molar-refractivity contribution in [1.29, 1.82) is 0 Å². The third-order valence-corrected chi connectivity index (χ3v) is 7.65. The van der Waals surface area contributed by atoms with Gasteiger partial charge in [-0.3, -0.25) is 4.79 Å². The van der Waals surface area contributed by atoms with Crippen molar-refractivity contribution in [3.8, 4) is 10.7 Å². The lowest BCUT2D eigenvalue weighted by atomic mass is 10.3. The van der Waals surface area contributed by atoms with Gasteiger partial charge in [-0.2, -0.15) is 0 Å². The van der Waals surface area contributed by atoms with Crippen molar-refractivity contribution in [2.75, 3.05) is 25.2 Å². The maximum absolute atomic E-state index is 12.4. The van der Waals surface area contributed by atoms with Crippen molar-refractivity contribution in [2.24, 2.45) is 0 Å². The Hall–Kier alpha value is -2.21. The first-order valence-electron chi connectivity index (χ1n) is 8.75. The molecule has 0 aliphatic carbocycles. The fourth-order valence-electron chi connectivity index (χ4n) is 2.54. The quantitative estimate of drug-likeness (QED) is 0.529. The number of thiophene rings is 1. The molecular weight excluding hydrogens is 430 g/mol. The van der Waals surface area contributed by atoms with E-state index in [0.29, 0.717) is 17.4 Å². The fourth-order valence-corrected chi connectivity index (χ4v) is 5.01. The topological polar surface area (TPSA) is 97.2 Å². The second kappa shape index (κ2) is 9.08. The number of hydrogen-bond acceptors (Lipinski definition) is 7. The predicted molar refractivity (Wildman–Crippen MR) is 116 cm³/mol. The van der Waals surface area contributed by atoms with Gasteiger partial charge in [0, 0.05) is 26.3 Å². The molecule has 2 aromatic heterocycles. The summed E-state index contributed by atoms with van der Waals surface area (Å²) in [7, 11) is -0.634. The average Bonchev–Trinajstić information content (AvgIpc) is 3.35. The minimum atomic E-state index is -3.56. The molecule has 0 unspecified atom stereocenters. The normalized spacial score (nSPS) is 11.7. The number of anilines is 1. The number of carbonyl (C=O) groups excluding carboxylic acids is 1. The summed E-state index contributed by atoms with van der Waals surface area (Å²) < 4.78 is 27.6. The maximum Gasteiger partial charge on any atom is 0.242 e. The van der Waals surface area contributed by atoms with E-state index in [1.54, 1.807) is 23.5 Å². The van der Waals surface area contributed by atoms with Crippen molar-refractivity contribution < 1.29 is 13.2 Å². The van der Waals surface area contributed by atoms with Gasteiger partial charge in [0.05, 0.1) is 15.5 Å². The molecule has 1 amide bonds. The van der Waals surface area contributed by atoms with Crippen LogP contribution in [-0.2, 0) is 21.4 Å². The summed E-state index contributed by atoms with van der Waals surface area (Å²) in [5.41, 5.74) is 0.426. The molecule has 11 heteroatoms. The molecule has 29 heavy (non-hydrogen) atoms. The molecule has 0 bridgehead atoms. The zero-order chi connectivity index (χ0) is 21.0. The molecule has 2 heterocycles. The number of hydrogen-bond donors (Lipinski definition) is 1. The molecular formula is C18H21N5O3S3. The van der Waals surface area contributed by atoms with Crippen LogP contribution in [0, 0.1) is 0 Å². The molecule has 3 aromatic rings. The molecule has 0 saturated heterocycles. The SMILES string of the molecule is CCn1c(SCC(=O)Nc2cccc(S(=O)(=O)N(C)C)c2)nnc1-c1cccs1. The highest BCUT2D eigenvalue weighted by Crippen LogP contribution is 2.27. The van der Waals surface area contributed by atoms with Crippen LogP contribution < -0.4 is 5.32 Å². The molecule has 0 aliphatic rings. The van der Waals surface area contributed by atoms with Gasteiger partial charge in [-0.15, -0.1) is 21.5 Å². The minimum absolute atomic E-state index is 0.124. The van der Waals surface area contributed by atoms with E-state index in [0.717, 1.165) is 15.0 Å². The lowest BCUT2D eigenvalue weighted by molar-refractivity contribution is -0.113. The molecule has 3 rings (SSSR count). The van der Waals surface area contributed by atoms with Crippen molar-refractivity contribution >= 4 is 44.7 Å². The summed E-state index contributed by atoms with van der Waals surface area (Å²) in [6.07, 6.45) is 0. The number of nitrogens with one attached hydrogen (secondary N) is 1. The Morgan fingerprint density at radius 1 is 1.24 bits per heavy atom. The average molecular weight is 452 g/mol. The van der Waals surface area contributed by atoms with Crippen molar-refractivity contribution in [1.82, 2.24) is 19.1 Å². The first kappa shape index (κ1) is 21.5. The molecule has 0 fully saturated rings. The van der Waals surface area contributed by atoms with E-state index >= 15 is 0 Å². The molecule has 1 N–H and O–H groups in total. The molecule has 1 aromatic carbocycles. The molecule has 0 radical (unpaired) electrons. The number of carbonyl (C=O) groups is 1. The first-order chi connectivity index (χ1) is 13.8. The standard InChI is InChI=1S/C18H21N5O3S3/c1-4-23-17(15-9-6-10-27-15)20-21-18(23)28-12-16(24)19-13-7-5-8-14(11-13)29(25,26)22(2)3/h5-11H,4,12H2,1-3H3,(H,19,24). The Labute approximate surface area is 178 Å². The lowest BCUT2D eigenvalue weighted by Gasteiger charge is -2.12. The molecule has 0 saturated carbocycles. The molecule has 0 atom stereocenters. The van der Waals surface area contributed by atoms with E-state index in [1.807, 2.05) is 29.0 Å². The number of benzene rings is 1. The van der Waals surface area contributed by atoms with Gasteiger partial charge in [0.25, 0.3) is 0 Å². The third kappa shape index (κ3) is 4.86. The number of amides is 1. The second-order valence-corrected chi connectivity index (χ2v) is 10.2. The van der Waals surface area contributed by atoms with Gasteiger partial charge >= 0.3 is 0 Å². The number of aromatic nitrogens is 3. The van der Waals surface area contributed by atoms with Crippen LogP contribution in [0.1, 0.15) is 6.92 Å². The Bertz CT molecular complexity index is 1090. The summed E-state index contributed by atoms with van der Waals surface area (Å²) in [6.45, 7) is 2.69. The van der Waals surface area contributed by atoms with E-state index in [9.17, 15) is 13.2 Å². The van der Waals surface area contributed by atoms with Crippen molar-refractivity contribution in [3.05, 3.63) is 41.8 Å². The smallest absolute Gasteiger partial charge is 0.242 e. The summed E-state index contributed by atoms with van der Waals surface area (Å²) in [5.74, 6) is 0.664. The summed E-state index contributed by atoms with van der Waals surface area (Å²) in [5, 5.41) is 13.8. The summed E-state index contributed by atoms with van der Waals surface area (Å²) >= 11 is 2.87. The maximum atomic E-state index is 12.4. The Morgan fingerprint density at radius 3 is 2.69 bits per heavy atom. The molecule has 0 spiro atoms. The monoisotopic (exact) mass is 451 g/mol. The van der Waals surface area contributed by atoms with Crippen LogP contribution in [-0.4, -0.2) is 53.2 Å². The van der Waals surface area contributed by atoms with Gasteiger partial charge in [0.1, 0.15) is 0 Å². The zero-order valence-corrected chi connectivity index (χ0v) is 18.6. The van der Waals surface area contributed by atoms with Gasteiger partial charge in [0.2, 0.25) is 15.9 Å². The van der Waals surface area contributed by atoms with E-state index < -0.39 is 10.0 Å².